The first-order chi connectivity index (χ1) is 12.3. The Bertz CT molecular complexity index is 855. The van der Waals surface area contributed by atoms with Gasteiger partial charge in [-0.2, -0.15) is 0 Å². The highest BCUT2D eigenvalue weighted by atomic mass is 16.5. The van der Waals surface area contributed by atoms with Crippen LogP contribution in [0.25, 0.3) is 11.1 Å². The van der Waals surface area contributed by atoms with Crippen LogP contribution in [0, 0.1) is 0 Å². The van der Waals surface area contributed by atoms with Gasteiger partial charge in [-0.3, -0.25) is 9.78 Å². The van der Waals surface area contributed by atoms with E-state index >= 15 is 0 Å². The van der Waals surface area contributed by atoms with E-state index in [1.54, 1.807) is 12.4 Å². The maximum Gasteiger partial charge on any atom is 0.159 e. The van der Waals surface area contributed by atoms with E-state index in [0.717, 1.165) is 28.0 Å². The van der Waals surface area contributed by atoms with E-state index in [4.69, 9.17) is 4.74 Å². The summed E-state index contributed by atoms with van der Waals surface area (Å²) >= 11 is 0. The lowest BCUT2D eigenvalue weighted by Crippen LogP contribution is -2.00. The van der Waals surface area contributed by atoms with Gasteiger partial charge in [0.2, 0.25) is 0 Å². The smallest absolute Gasteiger partial charge is 0.159 e. The molecule has 1 aromatic heterocycles. The summed E-state index contributed by atoms with van der Waals surface area (Å²) in [6, 6.07) is 19.9. The predicted octanol–water partition coefficient (Wildman–Crippen LogP) is 4.63. The molecular weight excluding hydrogens is 310 g/mol. The number of rotatable bonds is 7. The third kappa shape index (κ3) is 4.42. The van der Waals surface area contributed by atoms with Gasteiger partial charge in [0.15, 0.2) is 5.78 Å². The molecule has 124 valence electrons. The SMILES string of the molecule is C=CC(=O)Cc1cnccc1-c1ccc(OCc2ccccc2)cc1. The van der Waals surface area contributed by atoms with Gasteiger partial charge in [-0.1, -0.05) is 49.0 Å². The van der Waals surface area contributed by atoms with Crippen molar-refractivity contribution < 1.29 is 9.53 Å². The summed E-state index contributed by atoms with van der Waals surface area (Å²) in [4.78, 5) is 15.8. The number of ether oxygens (including phenoxy) is 1. The second kappa shape index (κ2) is 8.06. The molecule has 1 heterocycles. The Morgan fingerprint density at radius 2 is 1.80 bits per heavy atom. The standard InChI is InChI=1S/C22H19NO2/c1-2-20(24)14-19-15-23-13-12-22(19)18-8-10-21(11-9-18)25-16-17-6-4-3-5-7-17/h2-13,15H,1,14,16H2. The summed E-state index contributed by atoms with van der Waals surface area (Å²) < 4.78 is 5.82. The molecule has 0 aliphatic rings. The quantitative estimate of drug-likeness (QED) is 0.594. The summed E-state index contributed by atoms with van der Waals surface area (Å²) in [6.45, 7) is 4.07. The van der Waals surface area contributed by atoms with E-state index < -0.39 is 0 Å². The van der Waals surface area contributed by atoms with Crippen molar-refractivity contribution in [3.8, 4) is 16.9 Å². The zero-order valence-corrected chi connectivity index (χ0v) is 13.9. The molecule has 25 heavy (non-hydrogen) atoms. The molecule has 0 saturated carbocycles. The Labute approximate surface area is 147 Å². The Hall–Kier alpha value is -3.20. The zero-order chi connectivity index (χ0) is 17.5. The van der Waals surface area contributed by atoms with Gasteiger partial charge < -0.3 is 4.74 Å². The molecule has 0 unspecified atom stereocenters. The van der Waals surface area contributed by atoms with E-state index in [0.29, 0.717) is 13.0 Å². The Morgan fingerprint density at radius 3 is 2.52 bits per heavy atom. The number of pyridine rings is 1. The van der Waals surface area contributed by atoms with Crippen molar-refractivity contribution in [3.05, 3.63) is 96.8 Å². The van der Waals surface area contributed by atoms with Crippen LogP contribution in [0.4, 0.5) is 0 Å². The highest BCUT2D eigenvalue weighted by Gasteiger charge is 2.08. The number of benzene rings is 2. The van der Waals surface area contributed by atoms with Crippen LogP contribution in [0.1, 0.15) is 11.1 Å². The maximum atomic E-state index is 11.7. The third-order valence-corrected chi connectivity index (χ3v) is 3.91. The number of hydrogen-bond acceptors (Lipinski definition) is 3. The van der Waals surface area contributed by atoms with Crippen molar-refractivity contribution in [1.29, 1.82) is 0 Å². The summed E-state index contributed by atoms with van der Waals surface area (Å²) in [6.07, 6.45) is 5.11. The normalized spacial score (nSPS) is 10.2. The molecule has 0 amide bonds. The Balaban J connectivity index is 1.74. The molecule has 0 fully saturated rings. The van der Waals surface area contributed by atoms with Crippen molar-refractivity contribution in [2.24, 2.45) is 0 Å². The van der Waals surface area contributed by atoms with Crippen molar-refractivity contribution >= 4 is 5.78 Å². The lowest BCUT2D eigenvalue weighted by Gasteiger charge is -2.10. The molecule has 0 atom stereocenters. The van der Waals surface area contributed by atoms with Gasteiger partial charge in [-0.05, 0) is 46.5 Å². The molecule has 0 N–H and O–H groups in total. The summed E-state index contributed by atoms with van der Waals surface area (Å²) in [5.74, 6) is 0.794. The molecule has 3 aromatic rings. The molecule has 3 heteroatoms. The average Bonchev–Trinajstić information content (AvgIpc) is 2.68. The van der Waals surface area contributed by atoms with Crippen molar-refractivity contribution in [2.45, 2.75) is 13.0 Å². The fraction of sp³-hybridized carbons (Fsp3) is 0.0909. The van der Waals surface area contributed by atoms with E-state index in [2.05, 4.69) is 11.6 Å². The summed E-state index contributed by atoms with van der Waals surface area (Å²) in [5, 5.41) is 0. The number of nitrogens with zero attached hydrogens (tertiary/aromatic N) is 1. The van der Waals surface area contributed by atoms with Crippen LogP contribution in [0.3, 0.4) is 0 Å². The number of hydrogen-bond donors (Lipinski definition) is 0. The lowest BCUT2D eigenvalue weighted by atomic mass is 9.98. The minimum Gasteiger partial charge on any atom is -0.489 e. The second-order valence-corrected chi connectivity index (χ2v) is 5.68. The molecule has 3 nitrogen and oxygen atoms in total. The molecule has 3 rings (SSSR count). The predicted molar refractivity (Wildman–Crippen MR) is 99.4 cm³/mol. The summed E-state index contributed by atoms with van der Waals surface area (Å²) in [5.41, 5.74) is 4.05. The number of aromatic nitrogens is 1. The van der Waals surface area contributed by atoms with Gasteiger partial charge >= 0.3 is 0 Å². The number of allylic oxidation sites excluding steroid dienone is 1. The molecule has 0 spiro atoms. The minimum absolute atomic E-state index is 0.0166. The molecular formula is C22H19NO2. The van der Waals surface area contributed by atoms with Crippen LogP contribution in [0.5, 0.6) is 5.75 Å². The fourth-order valence-electron chi connectivity index (χ4n) is 2.58. The van der Waals surface area contributed by atoms with Gasteiger partial charge in [-0.25, -0.2) is 0 Å². The van der Waals surface area contributed by atoms with Gasteiger partial charge in [0, 0.05) is 18.8 Å². The molecule has 0 bridgehead atoms. The van der Waals surface area contributed by atoms with Gasteiger partial charge in [0.1, 0.15) is 12.4 Å². The monoisotopic (exact) mass is 329 g/mol. The van der Waals surface area contributed by atoms with E-state index in [-0.39, 0.29) is 5.78 Å². The van der Waals surface area contributed by atoms with Crippen LogP contribution in [-0.2, 0) is 17.8 Å². The lowest BCUT2D eigenvalue weighted by molar-refractivity contribution is -0.114. The second-order valence-electron chi connectivity index (χ2n) is 5.68. The van der Waals surface area contributed by atoms with Gasteiger partial charge in [-0.15, -0.1) is 0 Å². The Morgan fingerprint density at radius 1 is 1.04 bits per heavy atom. The topological polar surface area (TPSA) is 39.2 Å². The number of carbonyl (C=O) groups excluding carboxylic acids is 1. The maximum absolute atomic E-state index is 11.7. The highest BCUT2D eigenvalue weighted by molar-refractivity contribution is 5.92. The van der Waals surface area contributed by atoms with Crippen LogP contribution >= 0.6 is 0 Å². The van der Waals surface area contributed by atoms with Crippen molar-refractivity contribution in [2.75, 3.05) is 0 Å². The number of ketones is 1. The first kappa shape index (κ1) is 16.7. The van der Waals surface area contributed by atoms with Crippen molar-refractivity contribution in [3.63, 3.8) is 0 Å². The first-order valence-corrected chi connectivity index (χ1v) is 8.11. The largest absolute Gasteiger partial charge is 0.489 e. The Kier molecular flexibility index (Phi) is 5.37. The fourth-order valence-corrected chi connectivity index (χ4v) is 2.58. The zero-order valence-electron chi connectivity index (χ0n) is 13.9. The van der Waals surface area contributed by atoms with Crippen LogP contribution in [0.15, 0.2) is 85.7 Å². The van der Waals surface area contributed by atoms with Crippen molar-refractivity contribution in [1.82, 2.24) is 4.98 Å². The van der Waals surface area contributed by atoms with Crippen LogP contribution in [0.2, 0.25) is 0 Å². The average molecular weight is 329 g/mol. The number of carbonyl (C=O) groups is 1. The molecule has 0 saturated heterocycles. The molecule has 2 aromatic carbocycles. The molecule has 0 aliphatic heterocycles. The summed E-state index contributed by atoms with van der Waals surface area (Å²) in [7, 11) is 0. The van der Waals surface area contributed by atoms with Crippen LogP contribution in [-0.4, -0.2) is 10.8 Å². The van der Waals surface area contributed by atoms with E-state index in [1.807, 2.05) is 60.7 Å². The third-order valence-electron chi connectivity index (χ3n) is 3.91. The van der Waals surface area contributed by atoms with E-state index in [1.165, 1.54) is 6.08 Å². The highest BCUT2D eigenvalue weighted by Crippen LogP contribution is 2.26. The van der Waals surface area contributed by atoms with Gasteiger partial charge in [0.25, 0.3) is 0 Å². The minimum atomic E-state index is -0.0166. The first-order valence-electron chi connectivity index (χ1n) is 8.11. The molecule has 0 aliphatic carbocycles. The van der Waals surface area contributed by atoms with Crippen LogP contribution < -0.4 is 4.74 Å². The van der Waals surface area contributed by atoms with Gasteiger partial charge in [0.05, 0.1) is 0 Å². The molecule has 0 radical (unpaired) electrons. The van der Waals surface area contributed by atoms with E-state index in [9.17, 15) is 4.79 Å².